The van der Waals surface area contributed by atoms with Crippen molar-refractivity contribution in [3.63, 3.8) is 0 Å². The topological polar surface area (TPSA) is 65.0 Å². The molecule has 2 saturated heterocycles. The lowest BCUT2D eigenvalue weighted by Crippen LogP contribution is -2.69. The molecule has 0 bridgehead atoms. The Kier molecular flexibility index (Phi) is 4.17. The maximum Gasteiger partial charge on any atom is 0.165 e. The number of methoxy groups -OCH3 is 1. The van der Waals surface area contributed by atoms with Gasteiger partial charge in [0.05, 0.1) is 17.8 Å². The number of fused-ring (bicyclic) bond motifs is 2. The first-order valence-electron chi connectivity index (χ1n) is 10.2. The molecular formula is C21H34O5. The highest BCUT2D eigenvalue weighted by molar-refractivity contribution is 5.88. The van der Waals surface area contributed by atoms with Crippen LogP contribution in [0.5, 0.6) is 0 Å². The summed E-state index contributed by atoms with van der Waals surface area (Å²) in [4.78, 5) is 13.2. The van der Waals surface area contributed by atoms with Gasteiger partial charge in [-0.1, -0.05) is 34.1 Å². The van der Waals surface area contributed by atoms with E-state index in [-0.39, 0.29) is 40.3 Å². The van der Waals surface area contributed by atoms with E-state index < -0.39 is 11.7 Å². The van der Waals surface area contributed by atoms with E-state index in [4.69, 9.17) is 14.2 Å². The molecular weight excluding hydrogens is 332 g/mol. The lowest BCUT2D eigenvalue weighted by molar-refractivity contribution is -0.255. The van der Waals surface area contributed by atoms with Gasteiger partial charge in [0.2, 0.25) is 0 Å². The smallest absolute Gasteiger partial charge is 0.165 e. The molecule has 4 fully saturated rings. The van der Waals surface area contributed by atoms with Crippen LogP contribution in [0.1, 0.15) is 66.2 Å². The van der Waals surface area contributed by atoms with Crippen molar-refractivity contribution in [1.82, 2.24) is 0 Å². The molecule has 4 aliphatic rings. The van der Waals surface area contributed by atoms with Crippen LogP contribution >= 0.6 is 0 Å². The van der Waals surface area contributed by atoms with Crippen LogP contribution in [0.3, 0.4) is 0 Å². The first kappa shape index (κ1) is 18.9. The average Bonchev–Trinajstić information content (AvgIpc) is 3.16. The molecule has 2 heterocycles. The minimum absolute atomic E-state index is 0.0253. The van der Waals surface area contributed by atoms with Gasteiger partial charge in [-0.25, -0.2) is 0 Å². The van der Waals surface area contributed by atoms with Crippen LogP contribution in [0, 0.1) is 22.7 Å². The van der Waals surface area contributed by atoms with Gasteiger partial charge < -0.3 is 19.3 Å². The van der Waals surface area contributed by atoms with Gasteiger partial charge in [0.15, 0.2) is 12.1 Å². The zero-order chi connectivity index (χ0) is 19.0. The van der Waals surface area contributed by atoms with Crippen molar-refractivity contribution in [2.45, 2.75) is 89.8 Å². The largest absolute Gasteiger partial charge is 0.385 e. The number of rotatable bonds is 1. The highest BCUT2D eigenvalue weighted by Crippen LogP contribution is 2.67. The molecule has 2 spiro atoms. The summed E-state index contributed by atoms with van der Waals surface area (Å²) in [5.41, 5.74) is -1.18. The molecule has 2 aliphatic carbocycles. The average molecular weight is 366 g/mol. The van der Waals surface area contributed by atoms with E-state index >= 15 is 0 Å². The van der Waals surface area contributed by atoms with E-state index in [1.165, 1.54) is 0 Å². The Bertz CT molecular complexity index is 603. The van der Waals surface area contributed by atoms with E-state index in [1.54, 1.807) is 7.11 Å². The van der Waals surface area contributed by atoms with Crippen LogP contribution in [-0.2, 0) is 19.0 Å². The second kappa shape index (κ2) is 5.76. The van der Waals surface area contributed by atoms with Crippen molar-refractivity contribution in [3.8, 4) is 0 Å². The fourth-order valence-corrected chi connectivity index (χ4v) is 7.10. The van der Waals surface area contributed by atoms with Gasteiger partial charge in [-0.05, 0) is 31.1 Å². The standard InChI is InChI=1S/C21H34O5/c1-13-15(22)16(23)17-18(2,3)7-6-8-19(17,4)21(13)10-9-20(26-21)11-14(24-5)25-12-20/h13-15,17,22H,6-12H2,1-5H3/t13-,14+,15-,17+,19+,20-,21-/m1/s1. The molecule has 0 aromatic carbocycles. The number of carbonyl (C=O) groups is 1. The second-order valence-corrected chi connectivity index (χ2v) is 10.2. The minimum atomic E-state index is -0.943. The van der Waals surface area contributed by atoms with Gasteiger partial charge in [-0.2, -0.15) is 0 Å². The first-order chi connectivity index (χ1) is 12.1. The predicted molar refractivity (Wildman–Crippen MR) is 96.6 cm³/mol. The third-order valence-corrected chi connectivity index (χ3v) is 8.37. The third kappa shape index (κ3) is 2.27. The zero-order valence-electron chi connectivity index (χ0n) is 16.8. The molecule has 2 aliphatic heterocycles. The number of hydrogen-bond donors (Lipinski definition) is 1. The lowest BCUT2D eigenvalue weighted by atomic mass is 9.43. The number of ketones is 1. The lowest BCUT2D eigenvalue weighted by Gasteiger charge is -2.63. The van der Waals surface area contributed by atoms with Crippen molar-refractivity contribution in [1.29, 1.82) is 0 Å². The Morgan fingerprint density at radius 1 is 1.15 bits per heavy atom. The number of carbonyl (C=O) groups excluding carboxylic acids is 1. The summed E-state index contributed by atoms with van der Waals surface area (Å²) in [6.45, 7) is 9.17. The number of aliphatic hydroxyl groups is 1. The van der Waals surface area contributed by atoms with Crippen LogP contribution in [0.15, 0.2) is 0 Å². The molecule has 2 saturated carbocycles. The summed E-state index contributed by atoms with van der Waals surface area (Å²) in [6, 6.07) is 0. The summed E-state index contributed by atoms with van der Waals surface area (Å²) in [7, 11) is 1.67. The summed E-state index contributed by atoms with van der Waals surface area (Å²) in [5.74, 6) is -0.339. The second-order valence-electron chi connectivity index (χ2n) is 10.2. The number of aliphatic hydroxyl groups excluding tert-OH is 1. The van der Waals surface area contributed by atoms with E-state index in [0.717, 1.165) is 38.5 Å². The van der Waals surface area contributed by atoms with Crippen molar-refractivity contribution >= 4 is 5.78 Å². The molecule has 0 amide bonds. The van der Waals surface area contributed by atoms with Crippen LogP contribution in [0.25, 0.3) is 0 Å². The fraction of sp³-hybridized carbons (Fsp3) is 0.952. The first-order valence-corrected chi connectivity index (χ1v) is 10.2. The molecule has 0 aromatic heterocycles. The van der Waals surface area contributed by atoms with E-state index in [2.05, 4.69) is 20.8 Å². The van der Waals surface area contributed by atoms with Crippen LogP contribution in [0.2, 0.25) is 0 Å². The molecule has 148 valence electrons. The number of hydrogen-bond acceptors (Lipinski definition) is 5. The van der Waals surface area contributed by atoms with E-state index in [1.807, 2.05) is 6.92 Å². The minimum Gasteiger partial charge on any atom is -0.385 e. The Morgan fingerprint density at radius 2 is 1.88 bits per heavy atom. The quantitative estimate of drug-likeness (QED) is 0.773. The van der Waals surface area contributed by atoms with Gasteiger partial charge in [-0.15, -0.1) is 0 Å². The Hall–Kier alpha value is -0.490. The molecule has 26 heavy (non-hydrogen) atoms. The molecule has 0 unspecified atom stereocenters. The fourth-order valence-electron chi connectivity index (χ4n) is 7.10. The Morgan fingerprint density at radius 3 is 2.54 bits per heavy atom. The van der Waals surface area contributed by atoms with E-state index in [9.17, 15) is 9.90 Å². The van der Waals surface area contributed by atoms with Crippen molar-refractivity contribution in [2.24, 2.45) is 22.7 Å². The Balaban J connectivity index is 1.76. The van der Waals surface area contributed by atoms with Gasteiger partial charge in [-0.3, -0.25) is 4.79 Å². The predicted octanol–water partition coefficient (Wildman–Crippen LogP) is 3.08. The molecule has 5 nitrogen and oxygen atoms in total. The Labute approximate surface area is 156 Å². The highest BCUT2D eigenvalue weighted by Gasteiger charge is 2.72. The molecule has 1 N–H and O–H groups in total. The van der Waals surface area contributed by atoms with Crippen LogP contribution in [0.4, 0.5) is 0 Å². The third-order valence-electron chi connectivity index (χ3n) is 8.37. The van der Waals surface area contributed by atoms with Gasteiger partial charge in [0, 0.05) is 30.8 Å². The number of ether oxygens (including phenoxy) is 3. The van der Waals surface area contributed by atoms with Crippen molar-refractivity contribution in [3.05, 3.63) is 0 Å². The van der Waals surface area contributed by atoms with Crippen LogP contribution in [-0.4, -0.2) is 48.2 Å². The van der Waals surface area contributed by atoms with Crippen LogP contribution < -0.4 is 0 Å². The highest BCUT2D eigenvalue weighted by atomic mass is 16.7. The normalized spacial score (nSPS) is 53.4. The van der Waals surface area contributed by atoms with E-state index in [0.29, 0.717) is 6.61 Å². The molecule has 5 heteroatoms. The zero-order valence-corrected chi connectivity index (χ0v) is 16.8. The maximum absolute atomic E-state index is 13.2. The monoisotopic (exact) mass is 366 g/mol. The summed E-state index contributed by atoms with van der Waals surface area (Å²) < 4.78 is 18.1. The summed E-state index contributed by atoms with van der Waals surface area (Å²) in [5, 5.41) is 10.9. The van der Waals surface area contributed by atoms with Gasteiger partial charge >= 0.3 is 0 Å². The molecule has 0 radical (unpaired) electrons. The molecule has 4 rings (SSSR count). The summed E-state index contributed by atoms with van der Waals surface area (Å²) >= 11 is 0. The van der Waals surface area contributed by atoms with Crippen molar-refractivity contribution < 1.29 is 24.1 Å². The van der Waals surface area contributed by atoms with Crippen molar-refractivity contribution in [2.75, 3.05) is 13.7 Å². The van der Waals surface area contributed by atoms with Gasteiger partial charge in [0.25, 0.3) is 0 Å². The maximum atomic E-state index is 13.2. The molecule has 7 atom stereocenters. The summed E-state index contributed by atoms with van der Waals surface area (Å²) in [6.07, 6.45) is 4.45. The van der Waals surface area contributed by atoms with Gasteiger partial charge in [0.1, 0.15) is 6.10 Å². The molecule has 0 aromatic rings. The SMILES string of the molecule is CO[C@@H]1C[C@]2(CC[C@@]3(O2)[C@H](C)[C@@H](O)C(=O)[C@H]2C(C)(C)CCC[C@@]23C)CO1. The number of Topliss-reactive ketones (excluding diaryl/α,β-unsaturated/α-hetero) is 1.